The quantitative estimate of drug-likeness (QED) is 0.156. The molecule has 6 heteroatoms. The Morgan fingerprint density at radius 1 is 0.281 bits per heavy atom. The van der Waals surface area contributed by atoms with E-state index in [-0.39, 0.29) is 0 Å². The topological polar surface area (TPSA) is 51.6 Å². The van der Waals surface area contributed by atoms with E-state index in [0.29, 0.717) is 5.82 Å². The van der Waals surface area contributed by atoms with Gasteiger partial charge in [-0.15, -0.1) is 22.7 Å². The fraction of sp³-hybridized carbons (Fsp3) is 0. The van der Waals surface area contributed by atoms with E-state index in [1.54, 1.807) is 0 Å². The Morgan fingerprint density at radius 3 is 1.47 bits per heavy atom. The highest BCUT2D eigenvalue weighted by Gasteiger charge is 2.16. The summed E-state index contributed by atoms with van der Waals surface area (Å²) < 4.78 is 5.18. The lowest BCUT2D eigenvalue weighted by Crippen LogP contribution is -1.97. The van der Waals surface area contributed by atoms with Crippen LogP contribution in [0.1, 0.15) is 0 Å². The van der Waals surface area contributed by atoms with E-state index in [9.17, 15) is 0 Å². The summed E-state index contributed by atoms with van der Waals surface area (Å²) in [6.07, 6.45) is 1.83. The summed E-state index contributed by atoms with van der Waals surface area (Å²) in [7, 11) is 0. The van der Waals surface area contributed by atoms with Gasteiger partial charge in [-0.25, -0.2) is 15.0 Å². The van der Waals surface area contributed by atoms with Gasteiger partial charge in [0.15, 0.2) is 5.82 Å². The number of hydrogen-bond donors (Lipinski definition) is 0. The van der Waals surface area contributed by atoms with Gasteiger partial charge in [-0.2, -0.15) is 0 Å². The third kappa shape index (κ3) is 6.34. The second kappa shape index (κ2) is 14.9. The van der Waals surface area contributed by atoms with Crippen molar-refractivity contribution < 1.29 is 0 Å². The van der Waals surface area contributed by atoms with E-state index >= 15 is 0 Å². The molecule has 0 aliphatic carbocycles. The van der Waals surface area contributed by atoms with Gasteiger partial charge in [-0.3, -0.25) is 4.98 Å². The molecule has 5 aromatic heterocycles. The fourth-order valence-electron chi connectivity index (χ4n) is 9.08. The van der Waals surface area contributed by atoms with Crippen LogP contribution in [0, 0.1) is 0 Å². The molecule has 0 atom stereocenters. The number of rotatable bonds is 6. The average Bonchev–Trinajstić information content (AvgIpc) is 3.94. The molecule has 64 heavy (non-hydrogen) atoms. The third-order valence-corrected chi connectivity index (χ3v) is 14.6. The molecule has 0 radical (unpaired) electrons. The Hall–Kier alpha value is -7.90. The second-order valence-corrected chi connectivity index (χ2v) is 18.4. The van der Waals surface area contributed by atoms with Crippen LogP contribution >= 0.6 is 22.7 Å². The normalized spacial score (nSPS) is 11.8. The predicted octanol–water partition coefficient (Wildman–Crippen LogP) is 16.3. The van der Waals surface area contributed by atoms with Crippen LogP contribution in [0.15, 0.2) is 206 Å². The lowest BCUT2D eigenvalue weighted by Gasteiger charge is -2.14. The van der Waals surface area contributed by atoms with Gasteiger partial charge < -0.3 is 0 Å². The monoisotopic (exact) mass is 850 g/mol. The molecule has 0 aliphatic rings. The summed E-state index contributed by atoms with van der Waals surface area (Å²) in [5, 5.41) is 7.28. The van der Waals surface area contributed by atoms with Crippen molar-refractivity contribution in [1.29, 1.82) is 0 Å². The lowest BCUT2D eigenvalue weighted by molar-refractivity contribution is 1.18. The molecular weight excluding hydrogens is 817 g/mol. The summed E-state index contributed by atoms with van der Waals surface area (Å²) in [5.74, 6) is 0.661. The number of fused-ring (bicyclic) bond motifs is 9. The van der Waals surface area contributed by atoms with E-state index in [4.69, 9.17) is 15.0 Å². The molecule has 0 fully saturated rings. The molecule has 0 amide bonds. The summed E-state index contributed by atoms with van der Waals surface area (Å²) in [5.41, 5.74) is 13.0. The summed E-state index contributed by atoms with van der Waals surface area (Å²) in [6, 6.07) is 71.6. The first-order valence-corrected chi connectivity index (χ1v) is 23.0. The van der Waals surface area contributed by atoms with Crippen LogP contribution in [0.2, 0.25) is 0 Å². The Balaban J connectivity index is 0.972. The van der Waals surface area contributed by atoms with Crippen LogP contribution in [0.5, 0.6) is 0 Å². The highest BCUT2D eigenvalue weighted by molar-refractivity contribution is 7.26. The van der Waals surface area contributed by atoms with Crippen LogP contribution in [0.25, 0.3) is 130 Å². The van der Waals surface area contributed by atoms with Crippen molar-refractivity contribution in [2.45, 2.75) is 0 Å². The molecule has 0 saturated carbocycles. The minimum Gasteiger partial charge on any atom is -0.254 e. The highest BCUT2D eigenvalue weighted by atomic mass is 32.1. The summed E-state index contributed by atoms with van der Waals surface area (Å²) >= 11 is 3.69. The molecule has 4 nitrogen and oxygen atoms in total. The number of hydrogen-bond acceptors (Lipinski definition) is 6. The first-order valence-electron chi connectivity index (χ1n) is 21.3. The van der Waals surface area contributed by atoms with Crippen molar-refractivity contribution in [3.8, 4) is 67.4 Å². The van der Waals surface area contributed by atoms with Gasteiger partial charge in [0.25, 0.3) is 0 Å². The minimum absolute atomic E-state index is 0.661. The molecule has 298 valence electrons. The van der Waals surface area contributed by atoms with E-state index in [1.165, 1.54) is 51.5 Å². The molecule has 0 N–H and O–H groups in total. The minimum atomic E-state index is 0.661. The fourth-order valence-corrected chi connectivity index (χ4v) is 11.2. The molecule has 5 heterocycles. The lowest BCUT2D eigenvalue weighted by atomic mass is 9.93. The molecule has 8 aromatic carbocycles. The second-order valence-electron chi connectivity index (χ2n) is 16.2. The van der Waals surface area contributed by atoms with E-state index < -0.39 is 0 Å². The summed E-state index contributed by atoms with van der Waals surface area (Å²) in [6.45, 7) is 0. The maximum absolute atomic E-state index is 5.38. The average molecular weight is 851 g/mol. The van der Waals surface area contributed by atoms with Gasteiger partial charge in [0.1, 0.15) is 0 Å². The number of pyridine rings is 2. The maximum Gasteiger partial charge on any atom is 0.160 e. The Kier molecular flexibility index (Phi) is 8.54. The predicted molar refractivity (Wildman–Crippen MR) is 271 cm³/mol. The molecule has 13 aromatic rings. The van der Waals surface area contributed by atoms with Crippen molar-refractivity contribution in [2.24, 2.45) is 0 Å². The van der Waals surface area contributed by atoms with Crippen LogP contribution in [-0.2, 0) is 0 Å². The van der Waals surface area contributed by atoms with Crippen molar-refractivity contribution >= 4 is 84.8 Å². The van der Waals surface area contributed by atoms with Gasteiger partial charge >= 0.3 is 0 Å². The third-order valence-electron chi connectivity index (χ3n) is 12.3. The molecule has 0 saturated heterocycles. The number of thiophene rings is 2. The molecule has 0 aliphatic heterocycles. The zero-order valence-electron chi connectivity index (χ0n) is 34.2. The van der Waals surface area contributed by atoms with Gasteiger partial charge in [0.2, 0.25) is 0 Å². The van der Waals surface area contributed by atoms with E-state index in [0.717, 1.165) is 72.3 Å². The number of aromatic nitrogens is 4. The molecule has 0 bridgehead atoms. The summed E-state index contributed by atoms with van der Waals surface area (Å²) in [4.78, 5) is 20.4. The van der Waals surface area contributed by atoms with Crippen molar-refractivity contribution in [3.63, 3.8) is 0 Å². The number of nitrogens with zero attached hydrogens (tertiary/aromatic N) is 4. The van der Waals surface area contributed by atoms with Gasteiger partial charge in [0, 0.05) is 79.6 Å². The van der Waals surface area contributed by atoms with Crippen molar-refractivity contribution in [3.05, 3.63) is 206 Å². The molecule has 13 rings (SSSR count). The van der Waals surface area contributed by atoms with E-state index in [1.807, 2.05) is 41.0 Å². The highest BCUT2D eigenvalue weighted by Crippen LogP contribution is 2.41. The largest absolute Gasteiger partial charge is 0.254 e. The Bertz CT molecular complexity index is 3830. The van der Waals surface area contributed by atoms with Gasteiger partial charge in [-0.1, -0.05) is 127 Å². The standard InChI is InChI=1S/C58H34N4S2/c1-2-9-35(10-3-1)50-34-51(62-58(61-50)39-20-16-36(17-21-39)49-25-22-38-19-18-37-11-8-28-59-56(37)57(38)60-49)44-30-42(40-23-26-54-47(32-40)45-12-4-6-14-52(45)63-54)29-43(31-44)41-24-27-55-48(33-41)46-13-5-7-15-53(46)64-55/h1-34H. The van der Waals surface area contributed by atoms with Crippen molar-refractivity contribution in [2.75, 3.05) is 0 Å². The van der Waals surface area contributed by atoms with Crippen LogP contribution in [0.3, 0.4) is 0 Å². The number of benzene rings is 8. The van der Waals surface area contributed by atoms with E-state index in [2.05, 4.69) is 193 Å². The first-order chi connectivity index (χ1) is 31.6. The maximum atomic E-state index is 5.38. The Labute approximate surface area is 376 Å². The Morgan fingerprint density at radius 2 is 0.797 bits per heavy atom. The molecule has 0 spiro atoms. The van der Waals surface area contributed by atoms with Gasteiger partial charge in [-0.05, 0) is 95.1 Å². The smallest absolute Gasteiger partial charge is 0.160 e. The van der Waals surface area contributed by atoms with Crippen LogP contribution in [0.4, 0.5) is 0 Å². The first kappa shape index (κ1) is 36.7. The zero-order valence-corrected chi connectivity index (χ0v) is 35.9. The van der Waals surface area contributed by atoms with Crippen LogP contribution in [-0.4, -0.2) is 19.9 Å². The molecular formula is C58H34N4S2. The molecule has 0 unspecified atom stereocenters. The van der Waals surface area contributed by atoms with Crippen LogP contribution < -0.4 is 0 Å². The van der Waals surface area contributed by atoms with Crippen molar-refractivity contribution in [1.82, 2.24) is 19.9 Å². The zero-order chi connectivity index (χ0) is 42.1. The SMILES string of the molecule is c1ccc(-c2cc(-c3cc(-c4ccc5sc6ccccc6c5c4)cc(-c4ccc5sc6ccccc6c5c4)c3)nc(-c3ccc(-c4ccc5ccc6cccnc6c5n4)cc3)n2)cc1. The van der Waals surface area contributed by atoms with Gasteiger partial charge in [0.05, 0.1) is 28.1 Å².